The summed E-state index contributed by atoms with van der Waals surface area (Å²) in [6, 6.07) is 4.44. The summed E-state index contributed by atoms with van der Waals surface area (Å²) in [4.78, 5) is 0. The maximum Gasteiger partial charge on any atom is 0.0210 e. The molecule has 1 aromatic carbocycles. The number of rotatable bonds is 5. The minimum atomic E-state index is 1.18. The van der Waals surface area contributed by atoms with E-state index in [1.54, 1.807) is 0 Å². The highest BCUT2D eigenvalue weighted by Crippen LogP contribution is 2.26. The molecule has 15 heavy (non-hydrogen) atoms. The Kier molecular flexibility index (Phi) is 5.91. The number of halogens is 2. The van der Waals surface area contributed by atoms with Crippen molar-refractivity contribution in [3.63, 3.8) is 0 Å². The van der Waals surface area contributed by atoms with Gasteiger partial charge in [0, 0.05) is 8.95 Å². The zero-order chi connectivity index (χ0) is 11.3. The average Bonchev–Trinajstić information content (AvgIpc) is 2.20. The Labute approximate surface area is 110 Å². The van der Waals surface area contributed by atoms with Crippen LogP contribution in [0.1, 0.15) is 43.7 Å². The maximum atomic E-state index is 3.63. The molecule has 0 radical (unpaired) electrons. The van der Waals surface area contributed by atoms with E-state index in [0.29, 0.717) is 0 Å². The molecule has 0 aliphatic heterocycles. The van der Waals surface area contributed by atoms with Crippen LogP contribution in [-0.4, -0.2) is 0 Å². The van der Waals surface area contributed by atoms with Crippen molar-refractivity contribution >= 4 is 31.9 Å². The molecule has 2 heteroatoms. The Morgan fingerprint density at radius 1 is 1.00 bits per heavy atom. The Morgan fingerprint density at radius 2 is 1.73 bits per heavy atom. The SMILES string of the molecule is CCCCCCc1cc(Br)c(C)cc1Br. The van der Waals surface area contributed by atoms with Crippen molar-refractivity contribution in [3.05, 3.63) is 32.2 Å². The van der Waals surface area contributed by atoms with Crippen LogP contribution in [-0.2, 0) is 6.42 Å². The van der Waals surface area contributed by atoms with E-state index >= 15 is 0 Å². The van der Waals surface area contributed by atoms with E-state index in [1.165, 1.54) is 52.2 Å². The van der Waals surface area contributed by atoms with Gasteiger partial charge in [-0.05, 0) is 43.0 Å². The maximum absolute atomic E-state index is 3.63. The number of hydrogen-bond donors (Lipinski definition) is 0. The van der Waals surface area contributed by atoms with Gasteiger partial charge in [0.05, 0.1) is 0 Å². The number of aryl methyl sites for hydroxylation is 2. The molecule has 0 heterocycles. The minimum Gasteiger partial charge on any atom is -0.0654 e. The third kappa shape index (κ3) is 4.28. The Morgan fingerprint density at radius 3 is 2.40 bits per heavy atom. The van der Waals surface area contributed by atoms with Crippen molar-refractivity contribution in [2.75, 3.05) is 0 Å². The lowest BCUT2D eigenvalue weighted by atomic mass is 10.1. The molecule has 0 unspecified atom stereocenters. The van der Waals surface area contributed by atoms with Gasteiger partial charge in [-0.25, -0.2) is 0 Å². The van der Waals surface area contributed by atoms with Crippen LogP contribution in [0, 0.1) is 6.92 Å². The first-order chi connectivity index (χ1) is 7.15. The monoisotopic (exact) mass is 332 g/mol. The second-order valence-electron chi connectivity index (χ2n) is 4.00. The van der Waals surface area contributed by atoms with Gasteiger partial charge in [-0.15, -0.1) is 0 Å². The van der Waals surface area contributed by atoms with Gasteiger partial charge in [-0.3, -0.25) is 0 Å². The van der Waals surface area contributed by atoms with Crippen LogP contribution in [0.15, 0.2) is 21.1 Å². The van der Waals surface area contributed by atoms with Gasteiger partial charge < -0.3 is 0 Å². The van der Waals surface area contributed by atoms with Gasteiger partial charge in [0.25, 0.3) is 0 Å². The normalized spacial score (nSPS) is 10.7. The van der Waals surface area contributed by atoms with Crippen LogP contribution >= 0.6 is 31.9 Å². The summed E-state index contributed by atoms with van der Waals surface area (Å²) in [5.41, 5.74) is 2.71. The molecule has 0 aliphatic carbocycles. The van der Waals surface area contributed by atoms with Crippen molar-refractivity contribution in [1.29, 1.82) is 0 Å². The molecular formula is C13H18Br2. The number of hydrogen-bond acceptors (Lipinski definition) is 0. The fourth-order valence-corrected chi connectivity index (χ4v) is 2.67. The lowest BCUT2D eigenvalue weighted by Crippen LogP contribution is -1.89. The van der Waals surface area contributed by atoms with E-state index in [-0.39, 0.29) is 0 Å². The van der Waals surface area contributed by atoms with Crippen LogP contribution in [0.25, 0.3) is 0 Å². The van der Waals surface area contributed by atoms with Crippen LogP contribution in [0.5, 0.6) is 0 Å². The summed E-state index contributed by atoms with van der Waals surface area (Å²) in [6.07, 6.45) is 6.47. The lowest BCUT2D eigenvalue weighted by molar-refractivity contribution is 0.666. The zero-order valence-electron chi connectivity index (χ0n) is 9.45. The van der Waals surface area contributed by atoms with Gasteiger partial charge >= 0.3 is 0 Å². The Hall–Kier alpha value is 0.180. The summed E-state index contributed by atoms with van der Waals surface area (Å²) in [6.45, 7) is 4.37. The first-order valence-corrected chi connectivity index (χ1v) is 7.18. The second kappa shape index (κ2) is 6.70. The highest BCUT2D eigenvalue weighted by atomic mass is 79.9. The van der Waals surface area contributed by atoms with Crippen molar-refractivity contribution in [3.8, 4) is 0 Å². The van der Waals surface area contributed by atoms with Crippen LogP contribution < -0.4 is 0 Å². The number of benzene rings is 1. The molecule has 0 N–H and O–H groups in total. The average molecular weight is 334 g/mol. The highest BCUT2D eigenvalue weighted by molar-refractivity contribution is 9.11. The predicted octanol–water partition coefficient (Wildman–Crippen LogP) is 5.64. The molecule has 1 aromatic rings. The van der Waals surface area contributed by atoms with Gasteiger partial charge in [0.1, 0.15) is 0 Å². The summed E-state index contributed by atoms with van der Waals surface area (Å²) in [5.74, 6) is 0. The van der Waals surface area contributed by atoms with Gasteiger partial charge in [-0.2, -0.15) is 0 Å². The van der Waals surface area contributed by atoms with Crippen LogP contribution in [0.2, 0.25) is 0 Å². The summed E-state index contributed by atoms with van der Waals surface area (Å²) in [7, 11) is 0. The van der Waals surface area contributed by atoms with E-state index < -0.39 is 0 Å². The van der Waals surface area contributed by atoms with Gasteiger partial charge in [0.2, 0.25) is 0 Å². The molecule has 0 saturated carbocycles. The molecule has 0 saturated heterocycles. The van der Waals surface area contributed by atoms with Gasteiger partial charge in [0.15, 0.2) is 0 Å². The third-order valence-corrected chi connectivity index (χ3v) is 4.22. The Bertz CT molecular complexity index is 319. The zero-order valence-corrected chi connectivity index (χ0v) is 12.6. The van der Waals surface area contributed by atoms with Crippen molar-refractivity contribution in [1.82, 2.24) is 0 Å². The molecule has 0 fully saturated rings. The van der Waals surface area contributed by atoms with E-state index in [0.717, 1.165) is 0 Å². The summed E-state index contributed by atoms with van der Waals surface area (Å²) >= 11 is 7.21. The molecule has 0 aliphatic rings. The molecule has 0 nitrogen and oxygen atoms in total. The summed E-state index contributed by atoms with van der Waals surface area (Å²) < 4.78 is 2.47. The topological polar surface area (TPSA) is 0 Å². The molecular weight excluding hydrogens is 316 g/mol. The van der Waals surface area contributed by atoms with Crippen molar-refractivity contribution < 1.29 is 0 Å². The van der Waals surface area contributed by atoms with E-state index in [9.17, 15) is 0 Å². The number of unbranched alkanes of at least 4 members (excludes halogenated alkanes) is 3. The largest absolute Gasteiger partial charge is 0.0654 e. The minimum absolute atomic E-state index is 1.18. The molecule has 0 amide bonds. The van der Waals surface area contributed by atoms with Crippen LogP contribution in [0.4, 0.5) is 0 Å². The fraction of sp³-hybridized carbons (Fsp3) is 0.538. The van der Waals surface area contributed by atoms with Gasteiger partial charge in [-0.1, -0.05) is 58.0 Å². The predicted molar refractivity (Wildman–Crippen MR) is 74.4 cm³/mol. The van der Waals surface area contributed by atoms with E-state index in [2.05, 4.69) is 57.8 Å². The van der Waals surface area contributed by atoms with E-state index in [4.69, 9.17) is 0 Å². The molecule has 0 spiro atoms. The lowest BCUT2D eigenvalue weighted by Gasteiger charge is -2.07. The van der Waals surface area contributed by atoms with Crippen molar-refractivity contribution in [2.24, 2.45) is 0 Å². The third-order valence-electron chi connectivity index (χ3n) is 2.63. The molecule has 0 bridgehead atoms. The molecule has 1 rings (SSSR count). The smallest absolute Gasteiger partial charge is 0.0210 e. The van der Waals surface area contributed by atoms with Crippen molar-refractivity contribution in [2.45, 2.75) is 46.0 Å². The second-order valence-corrected chi connectivity index (χ2v) is 5.71. The first-order valence-electron chi connectivity index (χ1n) is 5.59. The first kappa shape index (κ1) is 13.2. The van der Waals surface area contributed by atoms with Crippen LogP contribution in [0.3, 0.4) is 0 Å². The highest BCUT2D eigenvalue weighted by Gasteiger charge is 2.03. The Balaban J connectivity index is 2.57. The fourth-order valence-electron chi connectivity index (χ4n) is 1.62. The molecule has 84 valence electrons. The standard InChI is InChI=1S/C13H18Br2/c1-3-4-5-6-7-11-9-12(14)10(2)8-13(11)15/h8-9H,3-7H2,1-2H3. The summed E-state index contributed by atoms with van der Waals surface area (Å²) in [5, 5.41) is 0. The quantitative estimate of drug-likeness (QED) is 0.611. The van der Waals surface area contributed by atoms with E-state index in [1.807, 2.05) is 0 Å². The molecule has 0 aromatic heterocycles. The molecule has 0 atom stereocenters.